The molecule has 1 heterocycles. The molecule has 2 heteroatoms. The summed E-state index contributed by atoms with van der Waals surface area (Å²) in [7, 11) is 0. The minimum absolute atomic E-state index is 0.544. The fourth-order valence-electron chi connectivity index (χ4n) is 1.16. The first-order valence-electron chi connectivity index (χ1n) is 4.52. The molecule has 14 heavy (non-hydrogen) atoms. The molecule has 0 N–H and O–H groups in total. The summed E-state index contributed by atoms with van der Waals surface area (Å²) in [5.41, 5.74) is 1.38. The van der Waals surface area contributed by atoms with Crippen molar-refractivity contribution < 1.29 is 0 Å². The molecule has 1 aromatic carbocycles. The second-order valence-corrected chi connectivity index (χ2v) is 5.16. The van der Waals surface area contributed by atoms with Crippen LogP contribution in [-0.2, 0) is 5.32 Å². The quantitative estimate of drug-likeness (QED) is 0.752. The average molecular weight is 248 g/mol. The summed E-state index contributed by atoms with van der Waals surface area (Å²) in [5.74, 6) is 0. The third-order valence-electron chi connectivity index (χ3n) is 1.90. The first-order chi connectivity index (χ1) is 6.95. The minimum atomic E-state index is 0.544. The van der Waals surface area contributed by atoms with Crippen molar-refractivity contribution in [3.63, 3.8) is 0 Å². The molecule has 0 radical (unpaired) electrons. The standard InChI is InChI=1S/C12H11NSe/c1-2-4-12(5-3-1)14-10-11-6-8-13-9-7-11/h1-9H,10H2. The van der Waals surface area contributed by atoms with Crippen LogP contribution in [0.4, 0.5) is 0 Å². The van der Waals surface area contributed by atoms with E-state index in [0.717, 1.165) is 5.32 Å². The zero-order valence-electron chi connectivity index (χ0n) is 7.76. The van der Waals surface area contributed by atoms with Gasteiger partial charge in [0.05, 0.1) is 0 Å². The van der Waals surface area contributed by atoms with Gasteiger partial charge in [0.15, 0.2) is 0 Å². The molecule has 2 rings (SSSR count). The summed E-state index contributed by atoms with van der Waals surface area (Å²) in [5, 5.41) is 1.15. The topological polar surface area (TPSA) is 12.9 Å². The molecule has 0 saturated carbocycles. The number of benzene rings is 1. The third-order valence-corrected chi connectivity index (χ3v) is 4.17. The molecular weight excluding hydrogens is 237 g/mol. The molecule has 1 aromatic heterocycles. The number of aromatic nitrogens is 1. The molecule has 0 spiro atoms. The molecule has 70 valence electrons. The van der Waals surface area contributed by atoms with Gasteiger partial charge in [-0.15, -0.1) is 0 Å². The van der Waals surface area contributed by atoms with Gasteiger partial charge in [0.25, 0.3) is 0 Å². The van der Waals surface area contributed by atoms with Crippen LogP contribution in [0.2, 0.25) is 0 Å². The van der Waals surface area contributed by atoms with Crippen LogP contribution < -0.4 is 4.46 Å². The number of pyridine rings is 1. The third kappa shape index (κ3) is 2.69. The van der Waals surface area contributed by atoms with E-state index < -0.39 is 0 Å². The van der Waals surface area contributed by atoms with Crippen molar-refractivity contribution >= 4 is 19.4 Å². The van der Waals surface area contributed by atoms with Crippen molar-refractivity contribution in [1.82, 2.24) is 4.98 Å². The predicted molar refractivity (Wildman–Crippen MR) is 59.8 cm³/mol. The van der Waals surface area contributed by atoms with Gasteiger partial charge in [-0.2, -0.15) is 0 Å². The molecule has 0 unspecified atom stereocenters. The van der Waals surface area contributed by atoms with Gasteiger partial charge in [0.1, 0.15) is 0 Å². The molecule has 1 nitrogen and oxygen atoms in total. The van der Waals surface area contributed by atoms with Gasteiger partial charge in [0, 0.05) is 0 Å². The molecule has 0 atom stereocenters. The SMILES string of the molecule is c1ccc([Se]Cc2ccncc2)cc1. The molecule has 0 amide bonds. The Kier molecular flexibility index (Phi) is 3.33. The maximum atomic E-state index is 4.01. The Morgan fingerprint density at radius 2 is 1.64 bits per heavy atom. The van der Waals surface area contributed by atoms with Gasteiger partial charge in [0.2, 0.25) is 0 Å². The van der Waals surface area contributed by atoms with E-state index in [1.165, 1.54) is 10.0 Å². The molecule has 0 bridgehead atoms. The van der Waals surface area contributed by atoms with Gasteiger partial charge in [-0.25, -0.2) is 0 Å². The zero-order valence-corrected chi connectivity index (χ0v) is 9.47. The Morgan fingerprint density at radius 3 is 2.36 bits per heavy atom. The fourth-order valence-corrected chi connectivity index (χ4v) is 3.00. The van der Waals surface area contributed by atoms with Crippen LogP contribution in [0.5, 0.6) is 0 Å². The number of hydrogen-bond donors (Lipinski definition) is 0. The Bertz CT molecular complexity index is 333. The van der Waals surface area contributed by atoms with Crippen molar-refractivity contribution in [2.24, 2.45) is 0 Å². The van der Waals surface area contributed by atoms with Gasteiger partial charge < -0.3 is 0 Å². The average Bonchev–Trinajstić information content (AvgIpc) is 2.29. The van der Waals surface area contributed by atoms with Crippen LogP contribution in [0.3, 0.4) is 0 Å². The second kappa shape index (κ2) is 4.94. The van der Waals surface area contributed by atoms with E-state index in [9.17, 15) is 0 Å². The number of hydrogen-bond acceptors (Lipinski definition) is 1. The van der Waals surface area contributed by atoms with Crippen LogP contribution in [0, 0.1) is 0 Å². The Morgan fingerprint density at radius 1 is 0.929 bits per heavy atom. The van der Waals surface area contributed by atoms with E-state index in [1.54, 1.807) is 0 Å². The normalized spacial score (nSPS) is 10.0. The van der Waals surface area contributed by atoms with Crippen molar-refractivity contribution in [2.45, 2.75) is 5.32 Å². The first-order valence-corrected chi connectivity index (χ1v) is 6.59. The maximum absolute atomic E-state index is 4.01. The van der Waals surface area contributed by atoms with Crippen molar-refractivity contribution in [3.8, 4) is 0 Å². The monoisotopic (exact) mass is 249 g/mol. The van der Waals surface area contributed by atoms with E-state index >= 15 is 0 Å². The van der Waals surface area contributed by atoms with Crippen LogP contribution in [-0.4, -0.2) is 19.9 Å². The van der Waals surface area contributed by atoms with Crippen LogP contribution in [0.1, 0.15) is 5.56 Å². The van der Waals surface area contributed by atoms with Crippen molar-refractivity contribution in [1.29, 1.82) is 0 Å². The molecule has 0 fully saturated rings. The van der Waals surface area contributed by atoms with Crippen molar-refractivity contribution in [3.05, 3.63) is 60.4 Å². The van der Waals surface area contributed by atoms with Gasteiger partial charge >= 0.3 is 90.1 Å². The Labute approximate surface area is 90.4 Å². The van der Waals surface area contributed by atoms with Gasteiger partial charge in [-0.3, -0.25) is 0 Å². The molecule has 2 aromatic rings. The summed E-state index contributed by atoms with van der Waals surface area (Å²) in [6.07, 6.45) is 3.72. The van der Waals surface area contributed by atoms with E-state index in [4.69, 9.17) is 0 Å². The molecule has 0 aliphatic heterocycles. The van der Waals surface area contributed by atoms with Gasteiger partial charge in [-0.05, 0) is 0 Å². The Hall–Kier alpha value is -1.11. The number of rotatable bonds is 3. The van der Waals surface area contributed by atoms with Crippen LogP contribution >= 0.6 is 0 Å². The van der Waals surface area contributed by atoms with Crippen molar-refractivity contribution in [2.75, 3.05) is 0 Å². The van der Waals surface area contributed by atoms with Crippen LogP contribution in [0.25, 0.3) is 0 Å². The summed E-state index contributed by atoms with van der Waals surface area (Å²) < 4.78 is 1.46. The molecular formula is C12H11NSe. The summed E-state index contributed by atoms with van der Waals surface area (Å²) in [6, 6.07) is 14.8. The van der Waals surface area contributed by atoms with E-state index in [0.29, 0.717) is 15.0 Å². The van der Waals surface area contributed by atoms with E-state index in [-0.39, 0.29) is 0 Å². The molecule has 0 aliphatic carbocycles. The predicted octanol–water partition coefficient (Wildman–Crippen LogP) is 1.61. The summed E-state index contributed by atoms with van der Waals surface area (Å²) in [6.45, 7) is 0. The first kappa shape index (κ1) is 9.44. The fraction of sp³-hybridized carbons (Fsp3) is 0.0833. The van der Waals surface area contributed by atoms with E-state index in [1.807, 2.05) is 12.4 Å². The molecule has 0 aliphatic rings. The second-order valence-electron chi connectivity index (χ2n) is 2.96. The number of nitrogens with zero attached hydrogens (tertiary/aromatic N) is 1. The summed E-state index contributed by atoms with van der Waals surface area (Å²) >= 11 is 0.544. The van der Waals surface area contributed by atoms with Crippen LogP contribution in [0.15, 0.2) is 54.9 Å². The zero-order chi connectivity index (χ0) is 9.64. The van der Waals surface area contributed by atoms with Gasteiger partial charge in [-0.1, -0.05) is 0 Å². The molecule has 0 saturated heterocycles. The summed E-state index contributed by atoms with van der Waals surface area (Å²) in [4.78, 5) is 4.01. The van der Waals surface area contributed by atoms with E-state index in [2.05, 4.69) is 47.4 Å². The Balaban J connectivity index is 1.96.